The van der Waals surface area contributed by atoms with E-state index in [0.717, 1.165) is 17.0 Å². The molecule has 0 aliphatic rings. The summed E-state index contributed by atoms with van der Waals surface area (Å²) in [5, 5.41) is 4.96. The summed E-state index contributed by atoms with van der Waals surface area (Å²) >= 11 is 0. The quantitative estimate of drug-likeness (QED) is 0.202. The third-order valence-corrected chi connectivity index (χ3v) is 6.37. The molecule has 1 heteroatoms. The van der Waals surface area contributed by atoms with Crippen molar-refractivity contribution in [1.82, 2.24) is 0 Å². The number of nitrogens with zero attached hydrogens (tertiary/aromatic N) is 1. The Morgan fingerprint density at radius 1 is 0.545 bits per heavy atom. The van der Waals surface area contributed by atoms with Crippen molar-refractivity contribution in [2.45, 2.75) is 20.8 Å². The molecule has 0 aliphatic carbocycles. The molecule has 0 heterocycles. The molecule has 0 unspecified atom stereocenters. The molecule has 0 saturated carbocycles. The Balaban J connectivity index is 1.73. The van der Waals surface area contributed by atoms with Gasteiger partial charge in [0.25, 0.3) is 0 Å². The highest BCUT2D eigenvalue weighted by Crippen LogP contribution is 2.32. The van der Waals surface area contributed by atoms with Crippen molar-refractivity contribution in [2.24, 2.45) is 4.99 Å². The number of fused-ring (bicyclic) bond motifs is 2. The minimum atomic E-state index is 1.01. The Bertz CT molecular complexity index is 1540. The van der Waals surface area contributed by atoms with E-state index in [1.54, 1.807) is 0 Å². The first kappa shape index (κ1) is 20.9. The molecule has 1 nitrogen and oxygen atoms in total. The predicted molar refractivity (Wildman–Crippen MR) is 144 cm³/mol. The van der Waals surface area contributed by atoms with Crippen molar-refractivity contribution < 1.29 is 0 Å². The first-order chi connectivity index (χ1) is 16.1. The van der Waals surface area contributed by atoms with Gasteiger partial charge in [-0.05, 0) is 76.7 Å². The Kier molecular flexibility index (Phi) is 5.62. The van der Waals surface area contributed by atoms with Crippen LogP contribution < -0.4 is 0 Å². The van der Waals surface area contributed by atoms with Gasteiger partial charge in [0.2, 0.25) is 0 Å². The van der Waals surface area contributed by atoms with E-state index < -0.39 is 0 Å². The van der Waals surface area contributed by atoms with Gasteiger partial charge < -0.3 is 0 Å². The van der Waals surface area contributed by atoms with Crippen LogP contribution in [-0.2, 0) is 0 Å². The number of benzene rings is 5. The third kappa shape index (κ3) is 4.23. The van der Waals surface area contributed by atoms with E-state index in [1.165, 1.54) is 43.8 Å². The summed E-state index contributed by atoms with van der Waals surface area (Å²) in [5.41, 5.74) is 7.95. The Hall–Kier alpha value is -3.97. The summed E-state index contributed by atoms with van der Waals surface area (Å²) in [4.78, 5) is 5.24. The van der Waals surface area contributed by atoms with Crippen LogP contribution >= 0.6 is 0 Å². The van der Waals surface area contributed by atoms with Gasteiger partial charge in [0.15, 0.2) is 0 Å². The molecule has 5 rings (SSSR count). The molecular weight excluding hydrogens is 398 g/mol. The van der Waals surface area contributed by atoms with E-state index in [-0.39, 0.29) is 0 Å². The molecule has 0 radical (unpaired) electrons. The largest absolute Gasteiger partial charge is 0.252 e. The molecule has 5 aromatic carbocycles. The lowest BCUT2D eigenvalue weighted by Crippen LogP contribution is -1.99. The number of rotatable bonds is 4. The van der Waals surface area contributed by atoms with Gasteiger partial charge in [-0.2, -0.15) is 0 Å². The van der Waals surface area contributed by atoms with E-state index in [4.69, 9.17) is 4.99 Å². The lowest BCUT2D eigenvalue weighted by molar-refractivity contribution is 1.40. The number of hydrogen-bond donors (Lipinski definition) is 0. The highest BCUT2D eigenvalue weighted by Gasteiger charge is 2.11. The number of aliphatic imine (C=N–C) groups is 1. The number of allylic oxidation sites excluding steroid dienone is 1. The van der Waals surface area contributed by atoms with Crippen LogP contribution in [-0.4, -0.2) is 5.71 Å². The van der Waals surface area contributed by atoms with Gasteiger partial charge >= 0.3 is 0 Å². The fraction of sp³-hybridized carbons (Fsp3) is 0.0938. The van der Waals surface area contributed by atoms with Gasteiger partial charge in [0.05, 0.1) is 5.70 Å². The molecule has 0 atom stereocenters. The van der Waals surface area contributed by atoms with Crippen LogP contribution in [0, 0.1) is 6.92 Å². The molecule has 160 valence electrons. The second-order valence-electron chi connectivity index (χ2n) is 8.61. The lowest BCUT2D eigenvalue weighted by atomic mass is 9.96. The Labute approximate surface area is 195 Å². The third-order valence-electron chi connectivity index (χ3n) is 6.37. The molecule has 0 aliphatic heterocycles. The SMILES string of the molecule is CC(=N/C(=C(\C)c1ccc2ccccc2c1)c1ccc2ccccc2c1)c1ccccc1C. The van der Waals surface area contributed by atoms with Crippen LogP contribution in [0.25, 0.3) is 32.8 Å². The fourth-order valence-corrected chi connectivity index (χ4v) is 4.47. The smallest absolute Gasteiger partial charge is 0.0740 e. The molecule has 5 aromatic rings. The van der Waals surface area contributed by atoms with Crippen molar-refractivity contribution in [2.75, 3.05) is 0 Å². The van der Waals surface area contributed by atoms with Gasteiger partial charge in [-0.25, -0.2) is 0 Å². The van der Waals surface area contributed by atoms with Crippen molar-refractivity contribution >= 4 is 38.5 Å². The van der Waals surface area contributed by atoms with Crippen LogP contribution in [0.2, 0.25) is 0 Å². The summed E-state index contributed by atoms with van der Waals surface area (Å²) < 4.78 is 0. The molecule has 0 spiro atoms. The van der Waals surface area contributed by atoms with Crippen molar-refractivity contribution in [3.63, 3.8) is 0 Å². The maximum absolute atomic E-state index is 5.24. The van der Waals surface area contributed by atoms with Crippen LogP contribution in [0.5, 0.6) is 0 Å². The lowest BCUT2D eigenvalue weighted by Gasteiger charge is -2.13. The molecule has 0 bridgehead atoms. The molecular formula is C32H27N. The van der Waals surface area contributed by atoms with E-state index in [2.05, 4.69) is 130 Å². The highest BCUT2D eigenvalue weighted by atomic mass is 14.8. The zero-order chi connectivity index (χ0) is 22.8. The van der Waals surface area contributed by atoms with Gasteiger partial charge in [-0.3, -0.25) is 4.99 Å². The van der Waals surface area contributed by atoms with Crippen molar-refractivity contribution in [3.8, 4) is 0 Å². The van der Waals surface area contributed by atoms with Crippen LogP contribution in [0.4, 0.5) is 0 Å². The number of aryl methyl sites for hydroxylation is 1. The molecule has 0 saturated heterocycles. The summed E-state index contributed by atoms with van der Waals surface area (Å²) in [6.45, 7) is 6.43. The minimum Gasteiger partial charge on any atom is -0.252 e. The van der Waals surface area contributed by atoms with Crippen LogP contribution in [0.15, 0.2) is 114 Å². The van der Waals surface area contributed by atoms with Gasteiger partial charge in [0, 0.05) is 11.3 Å². The standard InChI is InChI=1S/C32H27N/c1-22-10-4-9-15-31(22)24(3)33-32(30-19-17-26-12-6-8-14-29(26)21-30)23(2)27-18-16-25-11-5-7-13-28(25)20-27/h4-21H,1-3H3/b32-23+,33-24?. The summed E-state index contributed by atoms with van der Waals surface area (Å²) in [6.07, 6.45) is 0. The average molecular weight is 426 g/mol. The van der Waals surface area contributed by atoms with Crippen molar-refractivity contribution in [1.29, 1.82) is 0 Å². The van der Waals surface area contributed by atoms with E-state index in [1.807, 2.05) is 0 Å². The first-order valence-corrected chi connectivity index (χ1v) is 11.4. The fourth-order valence-electron chi connectivity index (χ4n) is 4.47. The molecule has 0 aromatic heterocycles. The topological polar surface area (TPSA) is 12.4 Å². The van der Waals surface area contributed by atoms with Crippen molar-refractivity contribution in [3.05, 3.63) is 131 Å². The predicted octanol–water partition coefficient (Wildman–Crippen LogP) is 8.70. The maximum atomic E-state index is 5.24. The highest BCUT2D eigenvalue weighted by molar-refractivity contribution is 6.06. The zero-order valence-electron chi connectivity index (χ0n) is 19.3. The summed E-state index contributed by atoms with van der Waals surface area (Å²) in [6, 6.07) is 38.8. The van der Waals surface area contributed by atoms with E-state index >= 15 is 0 Å². The monoisotopic (exact) mass is 425 g/mol. The second-order valence-corrected chi connectivity index (χ2v) is 8.61. The van der Waals surface area contributed by atoms with E-state index in [0.29, 0.717) is 0 Å². The van der Waals surface area contributed by atoms with Gasteiger partial charge in [-0.15, -0.1) is 0 Å². The normalized spacial score (nSPS) is 12.8. The van der Waals surface area contributed by atoms with Gasteiger partial charge in [-0.1, -0.05) is 97.1 Å². The minimum absolute atomic E-state index is 1.01. The van der Waals surface area contributed by atoms with Gasteiger partial charge in [0.1, 0.15) is 0 Å². The molecule has 0 N–H and O–H groups in total. The second kappa shape index (κ2) is 8.88. The summed E-state index contributed by atoms with van der Waals surface area (Å²) in [7, 11) is 0. The zero-order valence-corrected chi connectivity index (χ0v) is 19.3. The van der Waals surface area contributed by atoms with Crippen LogP contribution in [0.1, 0.15) is 36.1 Å². The average Bonchev–Trinajstić information content (AvgIpc) is 2.86. The summed E-state index contributed by atoms with van der Waals surface area (Å²) in [5.74, 6) is 0. The first-order valence-electron chi connectivity index (χ1n) is 11.4. The molecule has 33 heavy (non-hydrogen) atoms. The van der Waals surface area contributed by atoms with Crippen LogP contribution in [0.3, 0.4) is 0 Å². The molecule has 0 amide bonds. The maximum Gasteiger partial charge on any atom is 0.0740 e. The molecule has 0 fully saturated rings. The van der Waals surface area contributed by atoms with E-state index in [9.17, 15) is 0 Å². The Morgan fingerprint density at radius 2 is 1.06 bits per heavy atom. The Morgan fingerprint density at radius 3 is 1.70 bits per heavy atom. The number of hydrogen-bond acceptors (Lipinski definition) is 1.